The Morgan fingerprint density at radius 1 is 1.16 bits per heavy atom. The van der Waals surface area contributed by atoms with Crippen LogP contribution in [0.3, 0.4) is 0 Å². The second kappa shape index (κ2) is 9.79. The van der Waals surface area contributed by atoms with Crippen LogP contribution in [0.2, 0.25) is 0 Å². The highest BCUT2D eigenvalue weighted by molar-refractivity contribution is 5.94. The molecule has 1 amide bonds. The highest BCUT2D eigenvalue weighted by atomic mass is 16.5. The number of aryl methyl sites for hydroxylation is 1. The molecule has 1 unspecified atom stereocenters. The first-order valence-corrected chi connectivity index (χ1v) is 12.7. The van der Waals surface area contributed by atoms with Gasteiger partial charge in [0.05, 0.1) is 36.2 Å². The van der Waals surface area contributed by atoms with Crippen molar-refractivity contribution in [1.82, 2.24) is 25.1 Å². The molecule has 194 valence electrons. The lowest BCUT2D eigenvalue weighted by Crippen LogP contribution is -2.36. The van der Waals surface area contributed by atoms with Crippen LogP contribution in [0.5, 0.6) is 0 Å². The Morgan fingerprint density at radius 2 is 1.95 bits per heavy atom. The molecule has 6 rings (SSSR count). The molecule has 5 heterocycles. The van der Waals surface area contributed by atoms with E-state index in [9.17, 15) is 9.59 Å². The summed E-state index contributed by atoms with van der Waals surface area (Å²) in [7, 11) is 0. The maximum atomic E-state index is 13.2. The number of nitrogens with one attached hydrogen (secondary N) is 3. The van der Waals surface area contributed by atoms with Crippen LogP contribution in [0.4, 0.5) is 11.5 Å². The fraction of sp³-hybridized carbons (Fsp3) is 0.286. The van der Waals surface area contributed by atoms with Gasteiger partial charge >= 0.3 is 0 Å². The number of rotatable bonds is 5. The maximum absolute atomic E-state index is 13.2. The number of nitrogens with zero attached hydrogens (tertiary/aromatic N) is 4. The van der Waals surface area contributed by atoms with E-state index in [4.69, 9.17) is 4.74 Å². The van der Waals surface area contributed by atoms with Crippen molar-refractivity contribution >= 4 is 17.4 Å². The van der Waals surface area contributed by atoms with E-state index >= 15 is 0 Å². The molecule has 10 nitrogen and oxygen atoms in total. The molecule has 0 saturated carbocycles. The summed E-state index contributed by atoms with van der Waals surface area (Å²) in [6, 6.07) is 13.9. The highest BCUT2D eigenvalue weighted by Crippen LogP contribution is 2.29. The maximum Gasteiger partial charge on any atom is 0.257 e. The summed E-state index contributed by atoms with van der Waals surface area (Å²) in [6.07, 6.45) is 3.20. The van der Waals surface area contributed by atoms with E-state index in [1.54, 1.807) is 10.9 Å². The van der Waals surface area contributed by atoms with E-state index in [1.165, 1.54) is 11.9 Å². The average molecular weight is 512 g/mol. The van der Waals surface area contributed by atoms with Gasteiger partial charge in [-0.05, 0) is 37.6 Å². The van der Waals surface area contributed by atoms with Crippen LogP contribution in [0.25, 0.3) is 17.1 Å². The number of H-pyrrole nitrogens is 1. The Bertz CT molecular complexity index is 1530. The van der Waals surface area contributed by atoms with Crippen molar-refractivity contribution in [1.29, 1.82) is 0 Å². The topological polar surface area (TPSA) is 117 Å². The lowest BCUT2D eigenvalue weighted by molar-refractivity contribution is 0.0949. The number of carbonyl (C=O) groups excluding carboxylic acids is 1. The summed E-state index contributed by atoms with van der Waals surface area (Å²) in [5.41, 5.74) is 4.97. The summed E-state index contributed by atoms with van der Waals surface area (Å²) in [5.74, 6) is 0.949. The molecule has 38 heavy (non-hydrogen) atoms. The largest absolute Gasteiger partial charge is 0.378 e. The van der Waals surface area contributed by atoms with Gasteiger partial charge in [-0.2, -0.15) is 5.10 Å². The van der Waals surface area contributed by atoms with E-state index in [1.807, 2.05) is 32.0 Å². The van der Waals surface area contributed by atoms with E-state index < -0.39 is 5.91 Å². The van der Waals surface area contributed by atoms with Crippen LogP contribution >= 0.6 is 0 Å². The van der Waals surface area contributed by atoms with Gasteiger partial charge in [-0.25, -0.2) is 4.68 Å². The molecule has 1 aromatic carbocycles. The minimum absolute atomic E-state index is 0.0645. The average Bonchev–Trinajstić information content (AvgIpc) is 3.32. The molecule has 0 aliphatic carbocycles. The van der Waals surface area contributed by atoms with E-state index in [0.717, 1.165) is 54.6 Å². The number of ether oxygens (including phenoxy) is 1. The quantitative estimate of drug-likeness (QED) is 0.377. The van der Waals surface area contributed by atoms with Gasteiger partial charge in [0.2, 0.25) is 5.43 Å². The number of anilines is 2. The number of hydrogen-bond acceptors (Lipinski definition) is 7. The van der Waals surface area contributed by atoms with E-state index in [-0.39, 0.29) is 23.6 Å². The summed E-state index contributed by atoms with van der Waals surface area (Å²) in [5, 5.41) is 10.6. The normalized spacial score (nSPS) is 16.4. The zero-order valence-electron chi connectivity index (χ0n) is 21.3. The zero-order chi connectivity index (χ0) is 26.2. The molecule has 0 spiro atoms. The minimum atomic E-state index is -0.438. The zero-order valence-corrected chi connectivity index (χ0v) is 21.3. The van der Waals surface area contributed by atoms with Crippen LogP contribution in [0.15, 0.2) is 59.7 Å². The Kier molecular flexibility index (Phi) is 6.16. The third-order valence-electron chi connectivity index (χ3n) is 7.00. The first-order valence-electron chi connectivity index (χ1n) is 12.7. The summed E-state index contributed by atoms with van der Waals surface area (Å²) >= 11 is 0. The van der Waals surface area contributed by atoms with Crippen molar-refractivity contribution in [2.75, 3.05) is 36.5 Å². The minimum Gasteiger partial charge on any atom is -0.378 e. The van der Waals surface area contributed by atoms with Gasteiger partial charge in [0.15, 0.2) is 0 Å². The molecule has 1 atom stereocenters. The molecular weight excluding hydrogens is 482 g/mol. The molecule has 3 N–H and O–H groups in total. The van der Waals surface area contributed by atoms with Crippen LogP contribution in [0, 0.1) is 6.92 Å². The molecule has 0 radical (unpaired) electrons. The molecule has 3 aromatic heterocycles. The molecule has 1 saturated heterocycles. The lowest BCUT2D eigenvalue weighted by atomic mass is 10.0. The van der Waals surface area contributed by atoms with Crippen molar-refractivity contribution in [2.24, 2.45) is 0 Å². The van der Waals surface area contributed by atoms with E-state index in [2.05, 4.69) is 54.9 Å². The number of aromatic nitrogens is 4. The Hall–Kier alpha value is -4.44. The first-order chi connectivity index (χ1) is 18.5. The van der Waals surface area contributed by atoms with Crippen LogP contribution in [-0.4, -0.2) is 52.0 Å². The van der Waals surface area contributed by atoms with Gasteiger partial charge in [-0.1, -0.05) is 18.2 Å². The number of aromatic amines is 1. The standard InChI is InChI=1S/C28H29N7O3/c1-17-13-24-32-18(2)25-26(36)22(16-30-27(25)35(24)33-17)28(37)31-15-19-3-8-23(29-14-19)20-4-6-21(7-5-20)34-9-11-38-12-10-34/h3-8,13-14,16,18,32H,9-12,15H2,1-2H3,(H,30,36)(H,31,37). The number of fused-ring (bicyclic) bond motifs is 3. The fourth-order valence-electron chi connectivity index (χ4n) is 4.99. The van der Waals surface area contributed by atoms with Gasteiger partial charge in [0.1, 0.15) is 17.2 Å². The summed E-state index contributed by atoms with van der Waals surface area (Å²) in [6.45, 7) is 7.35. The Labute approximate surface area is 219 Å². The van der Waals surface area contributed by atoms with Crippen molar-refractivity contribution in [3.8, 4) is 17.1 Å². The molecule has 4 aromatic rings. The molecule has 2 aliphatic rings. The molecular formula is C28H29N7O3. The van der Waals surface area contributed by atoms with Gasteiger partial charge in [0, 0.05) is 49.3 Å². The number of hydrogen-bond donors (Lipinski definition) is 3. The molecule has 10 heteroatoms. The smallest absolute Gasteiger partial charge is 0.257 e. The summed E-state index contributed by atoms with van der Waals surface area (Å²) in [4.78, 5) is 36.2. The third kappa shape index (κ3) is 4.43. The van der Waals surface area contributed by atoms with Gasteiger partial charge in [0.25, 0.3) is 5.91 Å². The number of carbonyl (C=O) groups is 1. The highest BCUT2D eigenvalue weighted by Gasteiger charge is 2.28. The van der Waals surface area contributed by atoms with Crippen molar-refractivity contribution in [3.63, 3.8) is 0 Å². The molecule has 2 aliphatic heterocycles. The second-order valence-corrected chi connectivity index (χ2v) is 9.62. The van der Waals surface area contributed by atoms with Crippen molar-refractivity contribution in [3.05, 3.63) is 87.5 Å². The monoisotopic (exact) mass is 511 g/mol. The van der Waals surface area contributed by atoms with E-state index in [0.29, 0.717) is 11.4 Å². The summed E-state index contributed by atoms with van der Waals surface area (Å²) < 4.78 is 7.09. The van der Waals surface area contributed by atoms with Crippen LogP contribution in [-0.2, 0) is 11.3 Å². The lowest BCUT2D eigenvalue weighted by Gasteiger charge is -2.28. The fourth-order valence-corrected chi connectivity index (χ4v) is 4.99. The number of amides is 1. The second-order valence-electron chi connectivity index (χ2n) is 9.62. The Morgan fingerprint density at radius 3 is 2.68 bits per heavy atom. The number of benzene rings is 1. The molecule has 1 fully saturated rings. The van der Waals surface area contributed by atoms with Gasteiger partial charge < -0.3 is 25.3 Å². The molecule has 0 bridgehead atoms. The van der Waals surface area contributed by atoms with Crippen LogP contribution in [0.1, 0.15) is 40.1 Å². The van der Waals surface area contributed by atoms with Crippen LogP contribution < -0.4 is 21.0 Å². The predicted molar refractivity (Wildman–Crippen MR) is 145 cm³/mol. The predicted octanol–water partition coefficient (Wildman–Crippen LogP) is 3.18. The Balaban J connectivity index is 1.13. The van der Waals surface area contributed by atoms with Crippen molar-refractivity contribution < 1.29 is 9.53 Å². The SMILES string of the molecule is Cc1cc2n(n1)-c1[nH]cc(C(=O)NCc3ccc(-c4ccc(N5CCOCC5)cc4)nc3)c(=O)c1C(C)N2. The van der Waals surface area contributed by atoms with Crippen molar-refractivity contribution in [2.45, 2.75) is 26.4 Å². The number of pyridine rings is 2. The first kappa shape index (κ1) is 23.9. The van der Waals surface area contributed by atoms with Gasteiger partial charge in [-0.3, -0.25) is 14.6 Å². The van der Waals surface area contributed by atoms with Gasteiger partial charge in [-0.15, -0.1) is 0 Å². The third-order valence-corrected chi connectivity index (χ3v) is 7.00. The number of morpholine rings is 1.